The third-order valence-corrected chi connectivity index (χ3v) is 14.8. The third kappa shape index (κ3) is 6.92. The van der Waals surface area contributed by atoms with E-state index in [1.165, 1.54) is 10.4 Å². The van der Waals surface area contributed by atoms with Crippen molar-refractivity contribution in [1.82, 2.24) is 0 Å². The standard InChI is InChI=1S/C31H39BrO5SSi/c1-30(2,3)39(26-17-11-7-12-18-26,27-19-13-8-14-20-27)35-22-28(32)29-21-24(36-31(4,5)37-29)23-38(33,34)25-15-9-6-10-16-25/h6-20,24,28-29H,21-23H2,1-5H3/t24-,28-,29+/m0/s1. The van der Waals surface area contributed by atoms with E-state index in [2.05, 4.69) is 85.2 Å². The van der Waals surface area contributed by atoms with Gasteiger partial charge in [-0.2, -0.15) is 0 Å². The maximum atomic E-state index is 13.1. The molecule has 1 saturated heterocycles. The fourth-order valence-corrected chi connectivity index (χ4v) is 12.3. The molecular formula is C31H39BrO5SSi. The van der Waals surface area contributed by atoms with Crippen LogP contribution in [0.2, 0.25) is 5.04 Å². The van der Waals surface area contributed by atoms with E-state index >= 15 is 0 Å². The van der Waals surface area contributed by atoms with E-state index in [1.54, 1.807) is 24.3 Å². The first-order valence-corrected chi connectivity index (χ1v) is 17.8. The lowest BCUT2D eigenvalue weighted by Gasteiger charge is -2.45. The summed E-state index contributed by atoms with van der Waals surface area (Å²) in [5, 5.41) is 2.27. The fourth-order valence-electron chi connectivity index (χ4n) is 5.51. The molecule has 1 aliphatic heterocycles. The van der Waals surface area contributed by atoms with E-state index in [0.717, 1.165) is 0 Å². The highest BCUT2D eigenvalue weighted by Crippen LogP contribution is 2.38. The minimum absolute atomic E-state index is 0.102. The molecule has 5 nitrogen and oxygen atoms in total. The van der Waals surface area contributed by atoms with E-state index in [9.17, 15) is 8.42 Å². The molecule has 8 heteroatoms. The van der Waals surface area contributed by atoms with Crippen LogP contribution in [0.15, 0.2) is 95.9 Å². The molecule has 1 fully saturated rings. The van der Waals surface area contributed by atoms with Crippen LogP contribution in [0.25, 0.3) is 0 Å². The van der Waals surface area contributed by atoms with Crippen molar-refractivity contribution in [1.29, 1.82) is 0 Å². The molecular weight excluding hydrogens is 592 g/mol. The molecule has 210 valence electrons. The van der Waals surface area contributed by atoms with Gasteiger partial charge in [0.15, 0.2) is 15.6 Å². The predicted molar refractivity (Wildman–Crippen MR) is 163 cm³/mol. The summed E-state index contributed by atoms with van der Waals surface area (Å²) in [6.45, 7) is 10.8. The molecule has 0 spiro atoms. The Morgan fingerprint density at radius 1 is 0.897 bits per heavy atom. The Labute approximate surface area is 243 Å². The Hall–Kier alpha value is -1.81. The molecule has 0 aliphatic carbocycles. The van der Waals surface area contributed by atoms with Gasteiger partial charge in [0.25, 0.3) is 8.32 Å². The quantitative estimate of drug-likeness (QED) is 0.224. The van der Waals surface area contributed by atoms with Gasteiger partial charge in [-0.05, 0) is 41.4 Å². The summed E-state index contributed by atoms with van der Waals surface area (Å²) in [6, 6.07) is 29.6. The molecule has 1 heterocycles. The second-order valence-electron chi connectivity index (χ2n) is 11.6. The lowest BCUT2D eigenvalue weighted by atomic mass is 10.1. The van der Waals surface area contributed by atoms with Crippen LogP contribution in [0.3, 0.4) is 0 Å². The zero-order valence-corrected chi connectivity index (χ0v) is 26.7. The maximum absolute atomic E-state index is 13.1. The molecule has 0 N–H and O–H groups in total. The zero-order valence-electron chi connectivity index (χ0n) is 23.3. The first-order valence-electron chi connectivity index (χ1n) is 13.4. The number of sulfone groups is 1. The lowest BCUT2D eigenvalue weighted by Crippen LogP contribution is -2.67. The van der Waals surface area contributed by atoms with Crippen molar-refractivity contribution in [2.45, 2.75) is 73.8 Å². The van der Waals surface area contributed by atoms with Crippen LogP contribution in [0, 0.1) is 0 Å². The lowest BCUT2D eigenvalue weighted by molar-refractivity contribution is -0.295. The van der Waals surface area contributed by atoms with Crippen LogP contribution in [-0.4, -0.2) is 51.9 Å². The average Bonchev–Trinajstić information content (AvgIpc) is 2.89. The van der Waals surface area contributed by atoms with Crippen LogP contribution in [-0.2, 0) is 23.7 Å². The smallest absolute Gasteiger partial charge is 0.261 e. The summed E-state index contributed by atoms with van der Waals surface area (Å²) in [4.78, 5) is 0.143. The van der Waals surface area contributed by atoms with Crippen LogP contribution < -0.4 is 10.4 Å². The number of rotatable bonds is 9. The monoisotopic (exact) mass is 630 g/mol. The van der Waals surface area contributed by atoms with Crippen molar-refractivity contribution in [3.05, 3.63) is 91.0 Å². The highest BCUT2D eigenvalue weighted by Gasteiger charge is 2.51. The number of ether oxygens (including phenoxy) is 2. The minimum atomic E-state index is -3.51. The van der Waals surface area contributed by atoms with Gasteiger partial charge in [-0.1, -0.05) is 116 Å². The minimum Gasteiger partial charge on any atom is -0.406 e. The van der Waals surface area contributed by atoms with Gasteiger partial charge in [0, 0.05) is 13.0 Å². The first kappa shape index (κ1) is 30.2. The number of benzene rings is 3. The Morgan fingerprint density at radius 3 is 1.87 bits per heavy atom. The highest BCUT2D eigenvalue weighted by atomic mass is 79.9. The summed E-state index contributed by atoms with van der Waals surface area (Å²) in [5.41, 5.74) is 0. The van der Waals surface area contributed by atoms with Crippen molar-refractivity contribution in [3.63, 3.8) is 0 Å². The molecule has 39 heavy (non-hydrogen) atoms. The van der Waals surface area contributed by atoms with E-state index in [4.69, 9.17) is 13.9 Å². The average molecular weight is 632 g/mol. The van der Waals surface area contributed by atoms with Gasteiger partial charge >= 0.3 is 0 Å². The van der Waals surface area contributed by atoms with Gasteiger partial charge in [0.2, 0.25) is 0 Å². The molecule has 0 unspecified atom stereocenters. The molecule has 3 atom stereocenters. The largest absolute Gasteiger partial charge is 0.406 e. The maximum Gasteiger partial charge on any atom is 0.261 e. The van der Waals surface area contributed by atoms with Crippen molar-refractivity contribution in [2.24, 2.45) is 0 Å². The summed E-state index contributed by atoms with van der Waals surface area (Å²) in [6.07, 6.45) is -0.352. The molecule has 3 aromatic rings. The van der Waals surface area contributed by atoms with Gasteiger partial charge in [0.05, 0.1) is 27.7 Å². The second kappa shape index (κ2) is 12.0. The molecule has 3 aromatic carbocycles. The van der Waals surface area contributed by atoms with Crippen molar-refractivity contribution in [2.75, 3.05) is 12.4 Å². The van der Waals surface area contributed by atoms with E-state index < -0.39 is 30.0 Å². The normalized spacial score (nSPS) is 20.9. The number of alkyl halides is 1. The van der Waals surface area contributed by atoms with Crippen molar-refractivity contribution in [3.8, 4) is 0 Å². The molecule has 0 amide bonds. The number of hydrogen-bond donors (Lipinski definition) is 0. The van der Waals surface area contributed by atoms with Gasteiger partial charge in [-0.15, -0.1) is 0 Å². The zero-order chi connectivity index (χ0) is 28.3. The van der Waals surface area contributed by atoms with Gasteiger partial charge in [-0.25, -0.2) is 8.42 Å². The molecule has 0 aromatic heterocycles. The van der Waals surface area contributed by atoms with Crippen molar-refractivity contribution < 1.29 is 22.3 Å². The summed E-state index contributed by atoms with van der Waals surface area (Å²) in [7, 11) is -6.23. The molecule has 0 radical (unpaired) electrons. The number of hydrogen-bond acceptors (Lipinski definition) is 5. The van der Waals surface area contributed by atoms with Crippen LogP contribution in [0.1, 0.15) is 41.0 Å². The third-order valence-electron chi connectivity index (χ3n) is 7.17. The predicted octanol–water partition coefficient (Wildman–Crippen LogP) is 5.71. The summed E-state index contributed by atoms with van der Waals surface area (Å²) >= 11 is 3.87. The molecule has 4 rings (SSSR count). The van der Waals surface area contributed by atoms with Crippen molar-refractivity contribution >= 4 is 44.5 Å². The first-order chi connectivity index (χ1) is 18.3. The Balaban J connectivity index is 1.58. The van der Waals surface area contributed by atoms with Crippen LogP contribution in [0.5, 0.6) is 0 Å². The number of halogens is 1. The van der Waals surface area contributed by atoms with Gasteiger partial charge in [-0.3, -0.25) is 0 Å². The fraction of sp³-hybridized carbons (Fsp3) is 0.419. The SMILES string of the molecule is CC1(C)O[C@H](CS(=O)(=O)c2ccccc2)C[C@H]([C@@H](Br)CO[Si](c2ccccc2)(c2ccccc2)C(C)(C)C)O1. The van der Waals surface area contributed by atoms with Crippen LogP contribution in [0.4, 0.5) is 0 Å². The van der Waals surface area contributed by atoms with Gasteiger partial charge in [0.1, 0.15) is 0 Å². The topological polar surface area (TPSA) is 61.8 Å². The van der Waals surface area contributed by atoms with E-state index in [-0.39, 0.29) is 21.7 Å². The van der Waals surface area contributed by atoms with E-state index in [0.29, 0.717) is 17.9 Å². The highest BCUT2D eigenvalue weighted by molar-refractivity contribution is 9.09. The Bertz CT molecular complexity index is 1270. The van der Waals surface area contributed by atoms with Gasteiger partial charge < -0.3 is 13.9 Å². The molecule has 0 saturated carbocycles. The molecule has 1 aliphatic rings. The second-order valence-corrected chi connectivity index (χ2v) is 19.1. The van der Waals surface area contributed by atoms with Crippen LogP contribution >= 0.6 is 15.9 Å². The molecule has 0 bridgehead atoms. The summed E-state index contributed by atoms with van der Waals surface area (Å²) in [5.74, 6) is -1.03. The Morgan fingerprint density at radius 2 is 1.38 bits per heavy atom. The van der Waals surface area contributed by atoms with E-state index in [1.807, 2.05) is 32.0 Å². The Kier molecular flexibility index (Phi) is 9.25. The summed E-state index contributed by atoms with van der Waals surface area (Å²) < 4.78 is 45.8.